The second-order valence-corrected chi connectivity index (χ2v) is 7.14. The van der Waals surface area contributed by atoms with Crippen LogP contribution in [0.25, 0.3) is 0 Å². The third-order valence-electron chi connectivity index (χ3n) is 4.12. The van der Waals surface area contributed by atoms with Crippen molar-refractivity contribution in [2.45, 2.75) is 53.9 Å². The summed E-state index contributed by atoms with van der Waals surface area (Å²) in [6.45, 7) is 14.7. The zero-order valence-electron chi connectivity index (χ0n) is 13.5. The predicted molar refractivity (Wildman–Crippen MR) is 81.1 cm³/mol. The minimum atomic E-state index is -0.173. The Kier molecular flexibility index (Phi) is 6.31. The smallest absolute Gasteiger partial charge is 0.229 e. The molecule has 3 nitrogen and oxygen atoms in total. The molecule has 1 rings (SSSR count). The number of hydrogen-bond acceptors (Lipinski definition) is 2. The van der Waals surface area contributed by atoms with Crippen molar-refractivity contribution >= 4 is 5.91 Å². The highest BCUT2D eigenvalue weighted by Gasteiger charge is 2.38. The largest absolute Gasteiger partial charge is 0.342 e. The molecule has 112 valence electrons. The lowest BCUT2D eigenvalue weighted by molar-refractivity contribution is -0.140. The lowest BCUT2D eigenvalue weighted by Gasteiger charge is -2.32. The normalized spacial score (nSPS) is 23.3. The van der Waals surface area contributed by atoms with E-state index in [4.69, 9.17) is 0 Å². The highest BCUT2D eigenvalue weighted by molar-refractivity contribution is 5.83. The van der Waals surface area contributed by atoms with Crippen molar-refractivity contribution in [1.29, 1.82) is 0 Å². The molecular formula is C16H32N2O. The number of hydrogen-bond donors (Lipinski definition) is 1. The molecule has 0 aromatic heterocycles. The Morgan fingerprint density at radius 2 is 1.68 bits per heavy atom. The molecule has 0 bridgehead atoms. The number of carbonyl (C=O) groups is 1. The third-order valence-corrected chi connectivity index (χ3v) is 4.12. The molecule has 3 heteroatoms. The molecule has 1 aliphatic heterocycles. The van der Waals surface area contributed by atoms with E-state index in [-0.39, 0.29) is 5.41 Å². The zero-order valence-corrected chi connectivity index (χ0v) is 13.5. The van der Waals surface area contributed by atoms with Crippen molar-refractivity contribution < 1.29 is 4.79 Å². The predicted octanol–water partition coefficient (Wildman–Crippen LogP) is 2.91. The topological polar surface area (TPSA) is 32.3 Å². The molecule has 1 N–H and O–H groups in total. The van der Waals surface area contributed by atoms with Gasteiger partial charge >= 0.3 is 0 Å². The first-order chi connectivity index (χ1) is 8.85. The quantitative estimate of drug-likeness (QED) is 0.770. The van der Waals surface area contributed by atoms with Crippen LogP contribution in [0.3, 0.4) is 0 Å². The van der Waals surface area contributed by atoms with Crippen molar-refractivity contribution in [3.63, 3.8) is 0 Å². The molecule has 1 aliphatic rings. The summed E-state index contributed by atoms with van der Waals surface area (Å²) in [7, 11) is 0. The molecule has 1 saturated heterocycles. The fourth-order valence-corrected chi connectivity index (χ4v) is 2.52. The second kappa shape index (κ2) is 7.28. The van der Waals surface area contributed by atoms with Gasteiger partial charge in [0.25, 0.3) is 0 Å². The zero-order chi connectivity index (χ0) is 14.5. The van der Waals surface area contributed by atoms with Crippen LogP contribution in [0.15, 0.2) is 0 Å². The first kappa shape index (κ1) is 16.5. The molecule has 1 fully saturated rings. The Morgan fingerprint density at radius 3 is 2.05 bits per heavy atom. The first-order valence-corrected chi connectivity index (χ1v) is 7.85. The summed E-state index contributed by atoms with van der Waals surface area (Å²) in [5.74, 6) is 1.67. The van der Waals surface area contributed by atoms with Crippen LogP contribution in [-0.4, -0.2) is 37.0 Å². The van der Waals surface area contributed by atoms with E-state index in [2.05, 4.69) is 44.8 Å². The molecule has 1 amide bonds. The molecule has 0 aromatic carbocycles. The van der Waals surface area contributed by atoms with E-state index in [0.717, 1.165) is 45.4 Å². The maximum absolute atomic E-state index is 12.8. The van der Waals surface area contributed by atoms with Gasteiger partial charge in [-0.15, -0.1) is 0 Å². The molecular weight excluding hydrogens is 236 g/mol. The molecule has 0 aliphatic carbocycles. The summed E-state index contributed by atoms with van der Waals surface area (Å²) in [6.07, 6.45) is 3.19. The fourth-order valence-electron chi connectivity index (χ4n) is 2.52. The van der Waals surface area contributed by atoms with E-state index in [1.165, 1.54) is 0 Å². The van der Waals surface area contributed by atoms with E-state index in [1.54, 1.807) is 0 Å². The van der Waals surface area contributed by atoms with Gasteiger partial charge in [-0.05, 0) is 44.6 Å². The summed E-state index contributed by atoms with van der Waals surface area (Å²) < 4.78 is 0. The maximum atomic E-state index is 12.8. The summed E-state index contributed by atoms with van der Waals surface area (Å²) in [5.41, 5.74) is -0.173. The third kappa shape index (κ3) is 5.13. The molecule has 0 aromatic rings. The van der Waals surface area contributed by atoms with Crippen molar-refractivity contribution in [3.05, 3.63) is 0 Å². The fraction of sp³-hybridized carbons (Fsp3) is 0.938. The monoisotopic (exact) mass is 268 g/mol. The summed E-state index contributed by atoms with van der Waals surface area (Å²) in [4.78, 5) is 14.9. The average Bonchev–Trinajstić information content (AvgIpc) is 2.76. The summed E-state index contributed by atoms with van der Waals surface area (Å²) in [5, 5.41) is 3.33. The van der Waals surface area contributed by atoms with Crippen molar-refractivity contribution in [3.8, 4) is 0 Å². The molecule has 1 atom stereocenters. The van der Waals surface area contributed by atoms with Crippen LogP contribution in [-0.2, 0) is 4.79 Å². The molecule has 0 spiro atoms. The van der Waals surface area contributed by atoms with Gasteiger partial charge in [0.05, 0.1) is 5.41 Å². The number of rotatable bonds is 7. The Hall–Kier alpha value is -0.570. The van der Waals surface area contributed by atoms with E-state index >= 15 is 0 Å². The van der Waals surface area contributed by atoms with Gasteiger partial charge in [0.2, 0.25) is 5.91 Å². The number of nitrogens with zero attached hydrogens (tertiary/aromatic N) is 1. The highest BCUT2D eigenvalue weighted by Crippen LogP contribution is 2.27. The van der Waals surface area contributed by atoms with Crippen LogP contribution in [0.2, 0.25) is 0 Å². The Bertz CT molecular complexity index is 268. The summed E-state index contributed by atoms with van der Waals surface area (Å²) >= 11 is 0. The minimum absolute atomic E-state index is 0.173. The lowest BCUT2D eigenvalue weighted by atomic mass is 9.87. The SMILES string of the molecule is CC(C)CCN(CCC(C)C)C(=O)C1(C)CCNC1. The molecule has 1 heterocycles. The van der Waals surface area contributed by atoms with Crippen LogP contribution < -0.4 is 5.32 Å². The van der Waals surface area contributed by atoms with Gasteiger partial charge < -0.3 is 10.2 Å². The van der Waals surface area contributed by atoms with Crippen molar-refractivity contribution in [2.75, 3.05) is 26.2 Å². The van der Waals surface area contributed by atoms with Crippen LogP contribution in [0, 0.1) is 17.3 Å². The minimum Gasteiger partial charge on any atom is -0.342 e. The van der Waals surface area contributed by atoms with Crippen molar-refractivity contribution in [2.24, 2.45) is 17.3 Å². The van der Waals surface area contributed by atoms with Crippen LogP contribution in [0.4, 0.5) is 0 Å². The molecule has 19 heavy (non-hydrogen) atoms. The first-order valence-electron chi connectivity index (χ1n) is 7.85. The maximum Gasteiger partial charge on any atom is 0.229 e. The number of amides is 1. The van der Waals surface area contributed by atoms with Gasteiger partial charge in [0.15, 0.2) is 0 Å². The van der Waals surface area contributed by atoms with Crippen LogP contribution in [0.1, 0.15) is 53.9 Å². The average molecular weight is 268 g/mol. The van der Waals surface area contributed by atoms with Crippen molar-refractivity contribution in [1.82, 2.24) is 10.2 Å². The Morgan fingerprint density at radius 1 is 1.16 bits per heavy atom. The standard InChI is InChI=1S/C16H32N2O/c1-13(2)6-10-18(11-7-14(3)4)15(19)16(5)8-9-17-12-16/h13-14,17H,6-12H2,1-5H3. The second-order valence-electron chi connectivity index (χ2n) is 7.14. The molecule has 0 radical (unpaired) electrons. The van der Waals surface area contributed by atoms with Crippen LogP contribution in [0.5, 0.6) is 0 Å². The van der Waals surface area contributed by atoms with Gasteiger partial charge in [-0.25, -0.2) is 0 Å². The van der Waals surface area contributed by atoms with Gasteiger partial charge in [0, 0.05) is 19.6 Å². The molecule has 1 unspecified atom stereocenters. The summed E-state index contributed by atoms with van der Waals surface area (Å²) in [6, 6.07) is 0. The number of carbonyl (C=O) groups excluding carboxylic acids is 1. The molecule has 0 saturated carbocycles. The van der Waals surface area contributed by atoms with Gasteiger partial charge in [-0.2, -0.15) is 0 Å². The van der Waals surface area contributed by atoms with E-state index < -0.39 is 0 Å². The van der Waals surface area contributed by atoms with Crippen LogP contribution >= 0.6 is 0 Å². The highest BCUT2D eigenvalue weighted by atomic mass is 16.2. The van der Waals surface area contributed by atoms with E-state index in [0.29, 0.717) is 17.7 Å². The van der Waals surface area contributed by atoms with E-state index in [1.807, 2.05) is 0 Å². The lowest BCUT2D eigenvalue weighted by Crippen LogP contribution is -2.45. The Labute approximate surface area is 119 Å². The van der Waals surface area contributed by atoms with Gasteiger partial charge in [-0.3, -0.25) is 4.79 Å². The Balaban J connectivity index is 2.62. The van der Waals surface area contributed by atoms with E-state index in [9.17, 15) is 4.79 Å². The number of nitrogens with one attached hydrogen (secondary N) is 1. The van der Waals surface area contributed by atoms with Gasteiger partial charge in [-0.1, -0.05) is 27.7 Å². The van der Waals surface area contributed by atoms with Gasteiger partial charge in [0.1, 0.15) is 0 Å².